The van der Waals surface area contributed by atoms with Gasteiger partial charge in [-0.05, 0) is 24.1 Å². The van der Waals surface area contributed by atoms with Gasteiger partial charge in [0, 0.05) is 13.7 Å². The zero-order valence-electron chi connectivity index (χ0n) is 12.1. The van der Waals surface area contributed by atoms with Gasteiger partial charge in [0.15, 0.2) is 0 Å². The number of carbonyl (C=O) groups is 1. The molecule has 0 heterocycles. The number of methoxy groups -OCH3 is 1. The first-order valence-electron chi connectivity index (χ1n) is 6.54. The van der Waals surface area contributed by atoms with E-state index in [4.69, 9.17) is 9.88 Å². The van der Waals surface area contributed by atoms with E-state index in [0.29, 0.717) is 25.1 Å². The Bertz CT molecular complexity index is 575. The first kappa shape index (κ1) is 17.4. The first-order chi connectivity index (χ1) is 9.88. The monoisotopic (exact) mass is 315 g/mol. The Labute approximate surface area is 124 Å². The minimum absolute atomic E-state index is 0.0278. The van der Waals surface area contributed by atoms with Gasteiger partial charge in [0.05, 0.1) is 17.5 Å². The van der Waals surface area contributed by atoms with Crippen molar-refractivity contribution in [1.82, 2.24) is 10.6 Å². The summed E-state index contributed by atoms with van der Waals surface area (Å²) in [6, 6.07) is 5.61. The molecule has 0 aromatic heterocycles. The maximum atomic E-state index is 11.7. The van der Waals surface area contributed by atoms with Crippen molar-refractivity contribution in [1.29, 1.82) is 0 Å². The second-order valence-corrected chi connectivity index (χ2v) is 6.03. The smallest absolute Gasteiger partial charge is 0.315 e. The highest BCUT2D eigenvalue weighted by Crippen LogP contribution is 2.19. The summed E-state index contributed by atoms with van der Waals surface area (Å²) in [5.41, 5.74) is 0.686. The molecule has 4 N–H and O–H groups in total. The summed E-state index contributed by atoms with van der Waals surface area (Å²) in [5.74, 6) is 0. The molecule has 0 saturated heterocycles. The molecule has 0 bridgehead atoms. The number of amides is 2. The van der Waals surface area contributed by atoms with Crippen LogP contribution in [0.25, 0.3) is 0 Å². The van der Waals surface area contributed by atoms with Crippen LogP contribution in [0.4, 0.5) is 4.79 Å². The highest BCUT2D eigenvalue weighted by Gasteiger charge is 2.15. The second-order valence-electron chi connectivity index (χ2n) is 4.47. The quantitative estimate of drug-likeness (QED) is 0.644. The number of benzene rings is 1. The zero-order chi connectivity index (χ0) is 15.9. The zero-order valence-corrected chi connectivity index (χ0v) is 12.9. The molecular formula is C13H21N3O4S. The lowest BCUT2D eigenvalue weighted by Gasteiger charge is -2.18. The number of rotatable bonds is 7. The van der Waals surface area contributed by atoms with Crippen LogP contribution in [0, 0.1) is 0 Å². The predicted octanol–water partition coefficient (Wildman–Crippen LogP) is 0.731. The maximum Gasteiger partial charge on any atom is 0.315 e. The molecule has 7 nitrogen and oxygen atoms in total. The van der Waals surface area contributed by atoms with Gasteiger partial charge in [-0.2, -0.15) is 0 Å². The number of nitrogens with one attached hydrogen (secondary N) is 2. The molecule has 1 rings (SSSR count). The molecule has 0 aliphatic rings. The summed E-state index contributed by atoms with van der Waals surface area (Å²) >= 11 is 0. The third-order valence-corrected chi connectivity index (χ3v) is 3.81. The second kappa shape index (κ2) is 7.96. The van der Waals surface area contributed by atoms with Crippen molar-refractivity contribution in [3.8, 4) is 0 Å². The van der Waals surface area contributed by atoms with Crippen LogP contribution in [0.1, 0.15) is 24.9 Å². The number of ether oxygens (including phenoxy) is 1. The van der Waals surface area contributed by atoms with Crippen LogP contribution in [0.3, 0.4) is 0 Å². The lowest BCUT2D eigenvalue weighted by atomic mass is 10.1. The molecule has 118 valence electrons. The third-order valence-electron chi connectivity index (χ3n) is 2.89. The molecule has 0 radical (unpaired) electrons. The van der Waals surface area contributed by atoms with Gasteiger partial charge in [-0.15, -0.1) is 0 Å². The topological polar surface area (TPSA) is 111 Å². The molecule has 21 heavy (non-hydrogen) atoms. The SMILES string of the molecule is CCC(NC(=O)NCCOC)c1cccc(S(N)(=O)=O)c1. The van der Waals surface area contributed by atoms with Crippen LogP contribution < -0.4 is 15.8 Å². The van der Waals surface area contributed by atoms with Gasteiger partial charge in [0.2, 0.25) is 10.0 Å². The van der Waals surface area contributed by atoms with Crippen LogP contribution in [0.2, 0.25) is 0 Å². The van der Waals surface area contributed by atoms with Gasteiger partial charge in [-0.1, -0.05) is 19.1 Å². The van der Waals surface area contributed by atoms with Crippen LogP contribution >= 0.6 is 0 Å². The first-order valence-corrected chi connectivity index (χ1v) is 8.09. The summed E-state index contributed by atoms with van der Waals surface area (Å²) in [5, 5.41) is 10.5. The number of sulfonamides is 1. The molecule has 0 fully saturated rings. The fourth-order valence-corrected chi connectivity index (χ4v) is 2.37. The Kier molecular flexibility index (Phi) is 6.60. The number of nitrogens with two attached hydrogens (primary N) is 1. The molecule has 1 atom stereocenters. The van der Waals surface area contributed by atoms with Crippen molar-refractivity contribution in [3.63, 3.8) is 0 Å². The van der Waals surface area contributed by atoms with Crippen LogP contribution in [0.15, 0.2) is 29.2 Å². The van der Waals surface area contributed by atoms with E-state index in [0.717, 1.165) is 0 Å². The van der Waals surface area contributed by atoms with Crippen molar-refractivity contribution < 1.29 is 17.9 Å². The molecule has 8 heteroatoms. The molecule has 1 aromatic carbocycles. The van der Waals surface area contributed by atoms with Gasteiger partial charge < -0.3 is 15.4 Å². The standard InChI is InChI=1S/C13H21N3O4S/c1-3-12(16-13(17)15-7-8-20-2)10-5-4-6-11(9-10)21(14,18)19/h4-6,9,12H,3,7-8H2,1-2H3,(H2,14,18,19)(H2,15,16,17). The molecule has 1 unspecified atom stereocenters. The van der Waals surface area contributed by atoms with Crippen LogP contribution in [0.5, 0.6) is 0 Å². The fourth-order valence-electron chi connectivity index (χ4n) is 1.81. The van der Waals surface area contributed by atoms with Gasteiger partial charge >= 0.3 is 6.03 Å². The lowest BCUT2D eigenvalue weighted by molar-refractivity contribution is 0.195. The van der Waals surface area contributed by atoms with Gasteiger partial charge in [-0.25, -0.2) is 18.4 Å². The van der Waals surface area contributed by atoms with E-state index in [-0.39, 0.29) is 17.0 Å². The van der Waals surface area contributed by atoms with E-state index < -0.39 is 10.0 Å². The van der Waals surface area contributed by atoms with Crippen molar-refractivity contribution >= 4 is 16.1 Å². The average Bonchev–Trinajstić information content (AvgIpc) is 2.44. The number of urea groups is 1. The summed E-state index contributed by atoms with van der Waals surface area (Å²) < 4.78 is 27.6. The third kappa shape index (κ3) is 5.70. The van der Waals surface area contributed by atoms with Gasteiger partial charge in [-0.3, -0.25) is 0 Å². The Balaban J connectivity index is 2.79. The Morgan fingerprint density at radius 2 is 2.14 bits per heavy atom. The van der Waals surface area contributed by atoms with E-state index in [9.17, 15) is 13.2 Å². The number of primary sulfonamides is 1. The highest BCUT2D eigenvalue weighted by atomic mass is 32.2. The van der Waals surface area contributed by atoms with E-state index in [1.165, 1.54) is 12.1 Å². The summed E-state index contributed by atoms with van der Waals surface area (Å²) in [6.45, 7) is 2.71. The Morgan fingerprint density at radius 1 is 1.43 bits per heavy atom. The Hall–Kier alpha value is -1.64. The van der Waals surface area contributed by atoms with Crippen LogP contribution in [-0.2, 0) is 14.8 Å². The van der Waals surface area contributed by atoms with E-state index in [2.05, 4.69) is 10.6 Å². The largest absolute Gasteiger partial charge is 0.383 e. The van der Waals surface area contributed by atoms with E-state index in [1.54, 1.807) is 19.2 Å². The normalized spacial score (nSPS) is 12.7. The van der Waals surface area contributed by atoms with E-state index in [1.807, 2.05) is 6.92 Å². The van der Waals surface area contributed by atoms with Crippen molar-refractivity contribution in [2.45, 2.75) is 24.3 Å². The molecule has 0 saturated carbocycles. The van der Waals surface area contributed by atoms with Crippen molar-refractivity contribution in [2.24, 2.45) is 5.14 Å². The van der Waals surface area contributed by atoms with Crippen molar-refractivity contribution in [3.05, 3.63) is 29.8 Å². The Morgan fingerprint density at radius 3 is 2.71 bits per heavy atom. The van der Waals surface area contributed by atoms with Crippen molar-refractivity contribution in [2.75, 3.05) is 20.3 Å². The fraction of sp³-hybridized carbons (Fsp3) is 0.462. The molecule has 0 aliphatic heterocycles. The summed E-state index contributed by atoms with van der Waals surface area (Å²) in [6.07, 6.45) is 0.617. The minimum atomic E-state index is -3.76. The highest BCUT2D eigenvalue weighted by molar-refractivity contribution is 7.89. The van der Waals surface area contributed by atoms with Gasteiger partial charge in [0.25, 0.3) is 0 Å². The van der Waals surface area contributed by atoms with Gasteiger partial charge in [0.1, 0.15) is 0 Å². The number of carbonyl (C=O) groups excluding carboxylic acids is 1. The lowest BCUT2D eigenvalue weighted by Crippen LogP contribution is -2.39. The molecule has 2 amide bonds. The molecule has 1 aromatic rings. The molecule has 0 aliphatic carbocycles. The maximum absolute atomic E-state index is 11.7. The predicted molar refractivity (Wildman–Crippen MR) is 79.3 cm³/mol. The van der Waals surface area contributed by atoms with E-state index >= 15 is 0 Å². The molecule has 0 spiro atoms. The van der Waals surface area contributed by atoms with Crippen LogP contribution in [-0.4, -0.2) is 34.7 Å². The average molecular weight is 315 g/mol. The number of hydrogen-bond acceptors (Lipinski definition) is 4. The molecular weight excluding hydrogens is 294 g/mol. The summed E-state index contributed by atoms with van der Waals surface area (Å²) in [4.78, 5) is 11.7. The summed E-state index contributed by atoms with van der Waals surface area (Å²) in [7, 11) is -2.21. The number of hydrogen-bond donors (Lipinski definition) is 3. The minimum Gasteiger partial charge on any atom is -0.383 e.